The van der Waals surface area contributed by atoms with Gasteiger partial charge in [0.1, 0.15) is 18.4 Å². The third kappa shape index (κ3) is 4.38. The van der Waals surface area contributed by atoms with Gasteiger partial charge in [-0.3, -0.25) is 14.9 Å². The summed E-state index contributed by atoms with van der Waals surface area (Å²) in [5, 5.41) is 13.7. The van der Waals surface area contributed by atoms with E-state index in [0.29, 0.717) is 6.54 Å². The number of rotatable bonds is 7. The number of nitrogens with zero attached hydrogens (tertiary/aromatic N) is 1. The summed E-state index contributed by atoms with van der Waals surface area (Å²) in [6.45, 7) is 2.31. The number of non-ortho nitro benzene ring substituents is 1. The minimum atomic E-state index is -0.680. The molecule has 1 atom stereocenters. The lowest BCUT2D eigenvalue weighted by molar-refractivity contribution is -0.384. The highest BCUT2D eigenvalue weighted by atomic mass is 35.5. The molecule has 0 fully saturated rings. The van der Waals surface area contributed by atoms with Crippen molar-refractivity contribution < 1.29 is 14.5 Å². The first kappa shape index (κ1) is 15.2. The first-order valence-corrected chi connectivity index (χ1v) is 5.93. The first-order valence-electron chi connectivity index (χ1n) is 5.55. The van der Waals surface area contributed by atoms with E-state index in [1.165, 1.54) is 18.2 Å². The smallest absolute Gasteiger partial charge is 0.273 e. The Morgan fingerprint density at radius 3 is 2.84 bits per heavy atom. The molecule has 104 valence electrons. The molecule has 0 aliphatic heterocycles. The quantitative estimate of drug-likeness (QED) is 0.576. The van der Waals surface area contributed by atoms with Gasteiger partial charge in [-0.15, -0.1) is 0 Å². The molecule has 8 heteroatoms. The van der Waals surface area contributed by atoms with Crippen molar-refractivity contribution in [3.05, 3.63) is 33.3 Å². The van der Waals surface area contributed by atoms with E-state index in [-0.39, 0.29) is 23.1 Å². The number of likely N-dealkylation sites (N-methyl/N-ethyl adjacent to an activating group) is 1. The Hall–Kier alpha value is -1.86. The number of nitrogens with one attached hydrogen (secondary N) is 1. The highest BCUT2D eigenvalue weighted by molar-refractivity contribution is 6.32. The van der Waals surface area contributed by atoms with E-state index in [1.54, 1.807) is 0 Å². The molecule has 0 aliphatic rings. The molecule has 0 saturated heterocycles. The van der Waals surface area contributed by atoms with Crippen molar-refractivity contribution in [2.24, 2.45) is 5.73 Å². The van der Waals surface area contributed by atoms with E-state index in [4.69, 9.17) is 22.1 Å². The second kappa shape index (κ2) is 6.91. The Balaban J connectivity index is 2.78. The summed E-state index contributed by atoms with van der Waals surface area (Å²) in [6, 6.07) is 3.15. The van der Waals surface area contributed by atoms with Gasteiger partial charge in [0.2, 0.25) is 5.91 Å². The second-order valence-electron chi connectivity index (χ2n) is 3.70. The molecule has 0 saturated carbocycles. The summed E-state index contributed by atoms with van der Waals surface area (Å²) in [5.41, 5.74) is 5.04. The predicted molar refractivity (Wildman–Crippen MR) is 70.3 cm³/mol. The molecule has 0 bridgehead atoms. The van der Waals surface area contributed by atoms with E-state index < -0.39 is 16.9 Å². The Kier molecular flexibility index (Phi) is 5.53. The van der Waals surface area contributed by atoms with Crippen LogP contribution in [0.2, 0.25) is 5.02 Å². The molecular weight excluding hydrogens is 274 g/mol. The number of hydrogen-bond acceptors (Lipinski definition) is 5. The number of amides is 1. The number of benzene rings is 1. The van der Waals surface area contributed by atoms with Gasteiger partial charge >= 0.3 is 0 Å². The van der Waals surface area contributed by atoms with Crippen molar-refractivity contribution in [1.82, 2.24) is 5.32 Å². The number of carbonyl (C=O) groups is 1. The third-order valence-corrected chi connectivity index (χ3v) is 2.64. The van der Waals surface area contributed by atoms with E-state index in [2.05, 4.69) is 5.32 Å². The molecule has 0 aliphatic carbocycles. The number of carbonyl (C=O) groups excluding carboxylic acids is 1. The van der Waals surface area contributed by atoms with Gasteiger partial charge in [-0.05, 0) is 12.6 Å². The molecule has 0 radical (unpaired) electrons. The SMILES string of the molecule is CCNC(COc1cc([N+](=O)[O-])ccc1Cl)C(N)=O. The number of halogens is 1. The number of nitro benzene ring substituents is 1. The zero-order chi connectivity index (χ0) is 14.4. The molecule has 1 rings (SSSR count). The lowest BCUT2D eigenvalue weighted by Gasteiger charge is -2.15. The summed E-state index contributed by atoms with van der Waals surface area (Å²) < 4.78 is 5.30. The fourth-order valence-corrected chi connectivity index (χ4v) is 1.55. The predicted octanol–water partition coefficient (Wildman–Crippen LogP) is 1.09. The Bertz CT molecular complexity index is 481. The maximum absolute atomic E-state index is 11.1. The van der Waals surface area contributed by atoms with Crippen LogP contribution in [-0.2, 0) is 4.79 Å². The van der Waals surface area contributed by atoms with Gasteiger partial charge < -0.3 is 15.8 Å². The highest BCUT2D eigenvalue weighted by Gasteiger charge is 2.17. The van der Waals surface area contributed by atoms with Crippen molar-refractivity contribution in [2.45, 2.75) is 13.0 Å². The average Bonchev–Trinajstić information content (AvgIpc) is 2.35. The topological polar surface area (TPSA) is 107 Å². The van der Waals surface area contributed by atoms with Gasteiger partial charge in [0.15, 0.2) is 0 Å². The third-order valence-electron chi connectivity index (χ3n) is 2.33. The number of primary amides is 1. The fourth-order valence-electron chi connectivity index (χ4n) is 1.38. The molecule has 1 aromatic rings. The summed E-state index contributed by atoms with van der Waals surface area (Å²) in [6.07, 6.45) is 0. The van der Waals surface area contributed by atoms with E-state index >= 15 is 0 Å². The average molecular weight is 288 g/mol. The lowest BCUT2D eigenvalue weighted by atomic mass is 10.3. The van der Waals surface area contributed by atoms with Gasteiger partial charge in [-0.2, -0.15) is 0 Å². The normalized spacial score (nSPS) is 11.9. The van der Waals surface area contributed by atoms with Crippen LogP contribution in [0, 0.1) is 10.1 Å². The van der Waals surface area contributed by atoms with Crippen molar-refractivity contribution >= 4 is 23.2 Å². The molecule has 1 aromatic carbocycles. The van der Waals surface area contributed by atoms with Gasteiger partial charge in [0.25, 0.3) is 5.69 Å². The van der Waals surface area contributed by atoms with Crippen LogP contribution in [0.4, 0.5) is 5.69 Å². The standard InChI is InChI=1S/C11H14ClN3O4/c1-2-14-9(11(13)16)6-19-10-5-7(15(17)18)3-4-8(10)12/h3-5,9,14H,2,6H2,1H3,(H2,13,16). The molecule has 1 unspecified atom stereocenters. The van der Waals surface area contributed by atoms with Crippen LogP contribution in [0.1, 0.15) is 6.92 Å². The van der Waals surface area contributed by atoms with Crippen molar-refractivity contribution in [3.63, 3.8) is 0 Å². The largest absolute Gasteiger partial charge is 0.490 e. The van der Waals surface area contributed by atoms with Gasteiger partial charge in [-0.25, -0.2) is 0 Å². The molecule has 3 N–H and O–H groups in total. The van der Waals surface area contributed by atoms with Crippen LogP contribution in [0.25, 0.3) is 0 Å². The molecule has 19 heavy (non-hydrogen) atoms. The monoisotopic (exact) mass is 287 g/mol. The highest BCUT2D eigenvalue weighted by Crippen LogP contribution is 2.28. The minimum Gasteiger partial charge on any atom is -0.490 e. The van der Waals surface area contributed by atoms with Crippen LogP contribution in [0.3, 0.4) is 0 Å². The molecule has 0 heterocycles. The number of ether oxygens (including phenoxy) is 1. The zero-order valence-corrected chi connectivity index (χ0v) is 11.0. The summed E-state index contributed by atoms with van der Waals surface area (Å²) in [5.74, 6) is -0.427. The van der Waals surface area contributed by atoms with Crippen molar-refractivity contribution in [3.8, 4) is 5.75 Å². The van der Waals surface area contributed by atoms with Gasteiger partial charge in [-0.1, -0.05) is 18.5 Å². The maximum Gasteiger partial charge on any atom is 0.273 e. The van der Waals surface area contributed by atoms with Gasteiger partial charge in [0, 0.05) is 6.07 Å². The van der Waals surface area contributed by atoms with Crippen LogP contribution in [0.5, 0.6) is 5.75 Å². The second-order valence-corrected chi connectivity index (χ2v) is 4.10. The molecule has 1 amide bonds. The van der Waals surface area contributed by atoms with Crippen LogP contribution < -0.4 is 15.8 Å². The van der Waals surface area contributed by atoms with E-state index in [0.717, 1.165) is 0 Å². The Morgan fingerprint density at radius 1 is 1.63 bits per heavy atom. The zero-order valence-electron chi connectivity index (χ0n) is 10.3. The summed E-state index contributed by atoms with van der Waals surface area (Å²) in [4.78, 5) is 21.2. The Morgan fingerprint density at radius 2 is 2.32 bits per heavy atom. The number of nitrogens with two attached hydrogens (primary N) is 1. The summed E-state index contributed by atoms with van der Waals surface area (Å²) >= 11 is 5.86. The van der Waals surface area contributed by atoms with Crippen LogP contribution in [-0.4, -0.2) is 30.0 Å². The van der Waals surface area contributed by atoms with E-state index in [9.17, 15) is 14.9 Å². The Labute approximate surface area is 114 Å². The van der Waals surface area contributed by atoms with Gasteiger partial charge in [0.05, 0.1) is 16.0 Å². The minimum absolute atomic E-state index is 0.0515. The molecule has 0 spiro atoms. The number of nitro groups is 1. The number of hydrogen-bond donors (Lipinski definition) is 2. The fraction of sp³-hybridized carbons (Fsp3) is 0.364. The van der Waals surface area contributed by atoms with Crippen LogP contribution in [0.15, 0.2) is 18.2 Å². The molecule has 7 nitrogen and oxygen atoms in total. The maximum atomic E-state index is 11.1. The molecule has 0 aromatic heterocycles. The van der Waals surface area contributed by atoms with Crippen molar-refractivity contribution in [2.75, 3.05) is 13.2 Å². The summed E-state index contributed by atoms with van der Waals surface area (Å²) in [7, 11) is 0. The van der Waals surface area contributed by atoms with Crippen LogP contribution >= 0.6 is 11.6 Å². The lowest BCUT2D eigenvalue weighted by Crippen LogP contribution is -2.45. The van der Waals surface area contributed by atoms with E-state index in [1.807, 2.05) is 6.92 Å². The van der Waals surface area contributed by atoms with Crippen molar-refractivity contribution in [1.29, 1.82) is 0 Å². The first-order chi connectivity index (χ1) is 8.95. The molecular formula is C11H14ClN3O4.